The molecule has 0 amide bonds. The molecule has 0 atom stereocenters. The summed E-state index contributed by atoms with van der Waals surface area (Å²) in [6.45, 7) is 1.80. The molecule has 0 unspecified atom stereocenters. The molecule has 0 spiro atoms. The molecule has 0 saturated heterocycles. The van der Waals surface area contributed by atoms with Crippen molar-refractivity contribution >= 4 is 5.83 Å². The van der Waals surface area contributed by atoms with Crippen molar-refractivity contribution in [3.8, 4) is 0 Å². The Morgan fingerprint density at radius 3 is 1.92 bits per heavy atom. The predicted octanol–water partition coefficient (Wildman–Crippen LogP) is 3.53. The second kappa shape index (κ2) is 3.43. The minimum atomic E-state index is -2.28. The van der Waals surface area contributed by atoms with Gasteiger partial charge in [-0.05, 0) is 6.92 Å². The van der Waals surface area contributed by atoms with Crippen LogP contribution in [0.25, 0.3) is 5.83 Å². The van der Waals surface area contributed by atoms with E-state index in [0.29, 0.717) is 0 Å². The number of aryl methyl sites for hydroxylation is 1. The van der Waals surface area contributed by atoms with E-state index in [1.807, 2.05) is 0 Å². The van der Waals surface area contributed by atoms with Gasteiger partial charge < -0.3 is 0 Å². The lowest BCUT2D eigenvalue weighted by atomic mass is 10.1. The SMILES string of the molecule is Cc1ccc(C(F)=C(F)F)cc1. The number of hydrogen-bond acceptors (Lipinski definition) is 0. The maximum Gasteiger partial charge on any atom is 0.306 e. The fraction of sp³-hybridized carbons (Fsp3) is 0.111. The van der Waals surface area contributed by atoms with E-state index >= 15 is 0 Å². The molecule has 0 nitrogen and oxygen atoms in total. The molecule has 12 heavy (non-hydrogen) atoms. The van der Waals surface area contributed by atoms with Crippen LogP contribution in [0.1, 0.15) is 11.1 Å². The molecule has 0 fully saturated rings. The van der Waals surface area contributed by atoms with E-state index in [1.54, 1.807) is 19.1 Å². The van der Waals surface area contributed by atoms with Crippen molar-refractivity contribution in [2.24, 2.45) is 0 Å². The van der Waals surface area contributed by atoms with Crippen molar-refractivity contribution < 1.29 is 13.2 Å². The zero-order chi connectivity index (χ0) is 9.14. The Bertz CT molecular complexity index is 294. The molecule has 0 saturated carbocycles. The van der Waals surface area contributed by atoms with Gasteiger partial charge >= 0.3 is 6.08 Å². The van der Waals surface area contributed by atoms with Gasteiger partial charge in [-0.25, -0.2) is 4.39 Å². The van der Waals surface area contributed by atoms with Gasteiger partial charge in [0.2, 0.25) is 0 Å². The van der Waals surface area contributed by atoms with Crippen LogP contribution >= 0.6 is 0 Å². The van der Waals surface area contributed by atoms with E-state index in [-0.39, 0.29) is 5.56 Å². The molecule has 64 valence electrons. The monoisotopic (exact) mass is 172 g/mol. The molecule has 0 aliphatic heterocycles. The molecular formula is C9H7F3. The van der Waals surface area contributed by atoms with Gasteiger partial charge in [0.05, 0.1) is 0 Å². The maximum absolute atomic E-state index is 12.5. The van der Waals surface area contributed by atoms with Gasteiger partial charge in [-0.1, -0.05) is 29.8 Å². The van der Waals surface area contributed by atoms with Crippen LogP contribution in [0, 0.1) is 6.92 Å². The largest absolute Gasteiger partial charge is 0.306 e. The van der Waals surface area contributed by atoms with Crippen LogP contribution in [0.5, 0.6) is 0 Å². The average molecular weight is 172 g/mol. The molecule has 1 aromatic rings. The van der Waals surface area contributed by atoms with E-state index in [1.165, 1.54) is 12.1 Å². The number of benzene rings is 1. The van der Waals surface area contributed by atoms with Crippen molar-refractivity contribution in [2.45, 2.75) is 6.92 Å². The van der Waals surface area contributed by atoms with Crippen molar-refractivity contribution in [2.75, 3.05) is 0 Å². The van der Waals surface area contributed by atoms with Crippen molar-refractivity contribution in [1.82, 2.24) is 0 Å². The Morgan fingerprint density at radius 2 is 1.50 bits per heavy atom. The Labute approximate surface area is 68.3 Å². The summed E-state index contributed by atoms with van der Waals surface area (Å²) in [6.07, 6.45) is -2.28. The Balaban J connectivity index is 3.06. The summed E-state index contributed by atoms with van der Waals surface area (Å²) in [7, 11) is 0. The standard InChI is InChI=1S/C9H7F3/c1-6-2-4-7(5-3-6)8(10)9(11)12/h2-5H,1H3. The number of rotatable bonds is 1. The van der Waals surface area contributed by atoms with E-state index in [2.05, 4.69) is 0 Å². The van der Waals surface area contributed by atoms with Gasteiger partial charge in [0, 0.05) is 5.56 Å². The zero-order valence-electron chi connectivity index (χ0n) is 6.44. The highest BCUT2D eigenvalue weighted by Gasteiger charge is 2.06. The Kier molecular flexibility index (Phi) is 2.53. The quantitative estimate of drug-likeness (QED) is 0.607. The minimum Gasteiger partial charge on any atom is -0.200 e. The fourth-order valence-corrected chi connectivity index (χ4v) is 0.809. The van der Waals surface area contributed by atoms with Crippen LogP contribution in [-0.2, 0) is 0 Å². The van der Waals surface area contributed by atoms with E-state index in [0.717, 1.165) is 5.56 Å². The minimum absolute atomic E-state index is 0.0828. The summed E-state index contributed by atoms with van der Waals surface area (Å²) in [5.74, 6) is -1.45. The molecule has 0 radical (unpaired) electrons. The highest BCUT2D eigenvalue weighted by Crippen LogP contribution is 2.21. The first-order chi connectivity index (χ1) is 5.61. The first kappa shape index (κ1) is 8.84. The van der Waals surface area contributed by atoms with Gasteiger partial charge in [0.1, 0.15) is 0 Å². The highest BCUT2D eigenvalue weighted by atomic mass is 19.3. The predicted molar refractivity (Wildman–Crippen MR) is 41.4 cm³/mol. The molecule has 1 rings (SSSR count). The van der Waals surface area contributed by atoms with Crippen LogP contribution in [0.2, 0.25) is 0 Å². The maximum atomic E-state index is 12.5. The zero-order valence-corrected chi connectivity index (χ0v) is 6.44. The molecule has 0 heterocycles. The summed E-state index contributed by atoms with van der Waals surface area (Å²) in [4.78, 5) is 0. The van der Waals surface area contributed by atoms with Crippen LogP contribution < -0.4 is 0 Å². The van der Waals surface area contributed by atoms with Crippen LogP contribution in [-0.4, -0.2) is 0 Å². The summed E-state index contributed by atoms with van der Waals surface area (Å²) in [5.41, 5.74) is 0.825. The number of halogens is 3. The lowest BCUT2D eigenvalue weighted by molar-refractivity contribution is 0.410. The van der Waals surface area contributed by atoms with Gasteiger partial charge in [-0.15, -0.1) is 0 Å². The highest BCUT2D eigenvalue weighted by molar-refractivity contribution is 5.59. The molecule has 1 aromatic carbocycles. The van der Waals surface area contributed by atoms with E-state index in [9.17, 15) is 13.2 Å². The second-order valence-corrected chi connectivity index (χ2v) is 2.44. The fourth-order valence-electron chi connectivity index (χ4n) is 0.809. The molecule has 0 N–H and O–H groups in total. The van der Waals surface area contributed by atoms with Gasteiger partial charge in [0.15, 0.2) is 5.83 Å². The third-order valence-electron chi connectivity index (χ3n) is 1.47. The lowest BCUT2D eigenvalue weighted by Crippen LogP contribution is -1.79. The van der Waals surface area contributed by atoms with Crippen molar-refractivity contribution in [3.63, 3.8) is 0 Å². The van der Waals surface area contributed by atoms with Crippen molar-refractivity contribution in [3.05, 3.63) is 41.5 Å². The van der Waals surface area contributed by atoms with Crippen LogP contribution in [0.3, 0.4) is 0 Å². The lowest BCUT2D eigenvalue weighted by Gasteiger charge is -1.96. The topological polar surface area (TPSA) is 0 Å². The Morgan fingerprint density at radius 1 is 1.00 bits per heavy atom. The van der Waals surface area contributed by atoms with Crippen molar-refractivity contribution in [1.29, 1.82) is 0 Å². The second-order valence-electron chi connectivity index (χ2n) is 2.44. The average Bonchev–Trinajstić information content (AvgIpc) is 2.04. The van der Waals surface area contributed by atoms with Gasteiger partial charge in [0.25, 0.3) is 0 Å². The molecule has 3 heteroatoms. The summed E-state index contributed by atoms with van der Waals surface area (Å²) in [5, 5.41) is 0. The van der Waals surface area contributed by atoms with Crippen LogP contribution in [0.4, 0.5) is 13.2 Å². The van der Waals surface area contributed by atoms with Gasteiger partial charge in [-0.2, -0.15) is 8.78 Å². The molecule has 0 bridgehead atoms. The van der Waals surface area contributed by atoms with Gasteiger partial charge in [-0.3, -0.25) is 0 Å². The van der Waals surface area contributed by atoms with E-state index in [4.69, 9.17) is 0 Å². The van der Waals surface area contributed by atoms with Crippen LogP contribution in [0.15, 0.2) is 30.3 Å². The third kappa shape index (κ3) is 1.87. The summed E-state index contributed by atoms with van der Waals surface area (Å²) >= 11 is 0. The molecule has 0 aromatic heterocycles. The Hall–Kier alpha value is -1.25. The first-order valence-corrected chi connectivity index (χ1v) is 3.39. The normalized spacial score (nSPS) is 9.67. The van der Waals surface area contributed by atoms with E-state index < -0.39 is 11.9 Å². The molecular weight excluding hydrogens is 165 g/mol. The smallest absolute Gasteiger partial charge is 0.200 e. The molecule has 0 aliphatic rings. The third-order valence-corrected chi connectivity index (χ3v) is 1.47. The number of hydrogen-bond donors (Lipinski definition) is 0. The first-order valence-electron chi connectivity index (χ1n) is 3.39. The summed E-state index contributed by atoms with van der Waals surface area (Å²) < 4.78 is 36.0. The summed E-state index contributed by atoms with van der Waals surface area (Å²) in [6, 6.07) is 5.81. The molecule has 0 aliphatic carbocycles.